The molecule has 0 radical (unpaired) electrons. The number of aromatic nitrogens is 1. The van der Waals surface area contributed by atoms with E-state index >= 15 is 0 Å². The third kappa shape index (κ3) is 2.87. The highest BCUT2D eigenvalue weighted by Crippen LogP contribution is 2.42. The molecule has 5 rings (SSSR count). The van der Waals surface area contributed by atoms with Crippen LogP contribution in [0, 0.1) is 0 Å². The molecule has 148 valence electrons. The van der Waals surface area contributed by atoms with Gasteiger partial charge in [0, 0.05) is 33.9 Å². The molecule has 1 aliphatic heterocycles. The summed E-state index contributed by atoms with van der Waals surface area (Å²) in [6, 6.07) is 23.9. The molecule has 0 bridgehead atoms. The number of nitrogens with zero attached hydrogens (tertiary/aromatic N) is 1. The number of amides is 2. The van der Waals surface area contributed by atoms with E-state index in [0.717, 1.165) is 22.0 Å². The van der Waals surface area contributed by atoms with Gasteiger partial charge in [-0.15, -0.1) is 0 Å². The summed E-state index contributed by atoms with van der Waals surface area (Å²) in [6.45, 7) is 1.78. The fourth-order valence-electron chi connectivity index (χ4n) is 4.27. The molecule has 2 atom stereocenters. The Morgan fingerprint density at radius 1 is 0.933 bits per heavy atom. The van der Waals surface area contributed by atoms with Gasteiger partial charge in [0.15, 0.2) is 0 Å². The number of benzene rings is 3. The van der Waals surface area contributed by atoms with E-state index in [1.807, 2.05) is 85.1 Å². The molecule has 30 heavy (non-hydrogen) atoms. The lowest BCUT2D eigenvalue weighted by Gasteiger charge is -2.30. The van der Waals surface area contributed by atoms with Crippen LogP contribution in [0.1, 0.15) is 34.5 Å². The molecular weight excluding hydrogens is 374 g/mol. The van der Waals surface area contributed by atoms with Crippen molar-refractivity contribution in [1.82, 2.24) is 9.88 Å². The number of anilines is 1. The summed E-state index contributed by atoms with van der Waals surface area (Å²) in [5.41, 5.74) is 4.27. The average molecular weight is 395 g/mol. The summed E-state index contributed by atoms with van der Waals surface area (Å²) in [7, 11) is 0. The fraction of sp³-hybridized carbons (Fsp3) is 0.120. The van der Waals surface area contributed by atoms with E-state index in [-0.39, 0.29) is 17.9 Å². The molecule has 0 saturated heterocycles. The summed E-state index contributed by atoms with van der Waals surface area (Å²) in [5.74, 6) is -0.344. The van der Waals surface area contributed by atoms with Crippen LogP contribution in [0.25, 0.3) is 10.9 Å². The first-order valence-corrected chi connectivity index (χ1v) is 9.98. The predicted octanol–water partition coefficient (Wildman–Crippen LogP) is 4.74. The zero-order valence-corrected chi connectivity index (χ0v) is 16.5. The number of fused-ring (bicyclic) bond motifs is 2. The topological polar surface area (TPSA) is 65.2 Å². The van der Waals surface area contributed by atoms with Crippen molar-refractivity contribution in [3.8, 4) is 0 Å². The van der Waals surface area contributed by atoms with Crippen LogP contribution in [-0.4, -0.2) is 27.7 Å². The van der Waals surface area contributed by atoms with Crippen molar-refractivity contribution >= 4 is 28.4 Å². The van der Waals surface area contributed by atoms with Crippen LogP contribution in [0.5, 0.6) is 0 Å². The lowest BCUT2D eigenvalue weighted by Crippen LogP contribution is -2.44. The highest BCUT2D eigenvalue weighted by molar-refractivity contribution is 6.05. The monoisotopic (exact) mass is 395 g/mol. The third-order valence-corrected chi connectivity index (χ3v) is 5.75. The minimum Gasteiger partial charge on any atom is -0.361 e. The molecule has 0 saturated carbocycles. The van der Waals surface area contributed by atoms with Crippen molar-refractivity contribution in [3.63, 3.8) is 0 Å². The van der Waals surface area contributed by atoms with E-state index in [4.69, 9.17) is 0 Å². The normalized spacial score (nSPS) is 16.5. The number of rotatable bonds is 4. The molecule has 5 heteroatoms. The second kappa shape index (κ2) is 7.19. The molecule has 2 amide bonds. The molecule has 0 unspecified atom stereocenters. The Labute approximate surface area is 174 Å². The van der Waals surface area contributed by atoms with Gasteiger partial charge >= 0.3 is 0 Å². The molecule has 2 N–H and O–H groups in total. The maximum atomic E-state index is 13.4. The number of carbonyl (C=O) groups is 2. The Bertz CT molecular complexity index is 1250. The summed E-state index contributed by atoms with van der Waals surface area (Å²) in [6.07, 6.45) is 1.94. The first-order valence-electron chi connectivity index (χ1n) is 9.98. The van der Waals surface area contributed by atoms with Gasteiger partial charge in [0.05, 0.1) is 6.04 Å². The number of nitrogens with one attached hydrogen (secondary N) is 2. The largest absolute Gasteiger partial charge is 0.361 e. The smallest absolute Gasteiger partial charge is 0.255 e. The Balaban J connectivity index is 1.57. The third-order valence-electron chi connectivity index (χ3n) is 5.75. The van der Waals surface area contributed by atoms with Crippen molar-refractivity contribution in [2.24, 2.45) is 0 Å². The predicted molar refractivity (Wildman–Crippen MR) is 117 cm³/mol. The standard InChI is InChI=1S/C25H21N3O2/c1-16(24(29)27-17-9-3-2-4-10-17)28-23(19-12-5-6-13-20(19)25(28)30)21-15-26-22-14-8-7-11-18(21)22/h2-16,23,26H,1H3,(H,27,29)/t16-,23+/m1/s1. The molecule has 0 fully saturated rings. The highest BCUT2D eigenvalue weighted by atomic mass is 16.2. The average Bonchev–Trinajstić information content (AvgIpc) is 3.33. The van der Waals surface area contributed by atoms with E-state index in [2.05, 4.69) is 10.3 Å². The second-order valence-corrected chi connectivity index (χ2v) is 7.52. The maximum absolute atomic E-state index is 13.4. The van der Waals surface area contributed by atoms with Crippen molar-refractivity contribution in [3.05, 3.63) is 102 Å². The molecule has 1 aliphatic rings. The Hall–Kier alpha value is -3.86. The van der Waals surface area contributed by atoms with Crippen LogP contribution in [-0.2, 0) is 4.79 Å². The molecule has 5 nitrogen and oxygen atoms in total. The quantitative estimate of drug-likeness (QED) is 0.524. The molecule has 4 aromatic rings. The van der Waals surface area contributed by atoms with Crippen LogP contribution in [0.3, 0.4) is 0 Å². The highest BCUT2D eigenvalue weighted by Gasteiger charge is 2.42. The Morgan fingerprint density at radius 3 is 2.47 bits per heavy atom. The van der Waals surface area contributed by atoms with Gasteiger partial charge in [-0.3, -0.25) is 9.59 Å². The summed E-state index contributed by atoms with van der Waals surface area (Å²) in [5, 5.41) is 3.98. The lowest BCUT2D eigenvalue weighted by atomic mass is 9.97. The zero-order chi connectivity index (χ0) is 20.7. The van der Waals surface area contributed by atoms with Gasteiger partial charge in [-0.05, 0) is 36.8 Å². The first-order chi connectivity index (χ1) is 14.6. The van der Waals surface area contributed by atoms with Gasteiger partial charge in [-0.25, -0.2) is 0 Å². The van der Waals surface area contributed by atoms with Crippen LogP contribution in [0.2, 0.25) is 0 Å². The van der Waals surface area contributed by atoms with Gasteiger partial charge in [0.2, 0.25) is 5.91 Å². The molecule has 2 heterocycles. The van der Waals surface area contributed by atoms with Gasteiger partial charge in [0.1, 0.15) is 6.04 Å². The fourth-order valence-corrected chi connectivity index (χ4v) is 4.27. The summed E-state index contributed by atoms with van der Waals surface area (Å²) >= 11 is 0. The first kappa shape index (κ1) is 18.2. The molecule has 0 aliphatic carbocycles. The van der Waals surface area contributed by atoms with Gasteiger partial charge in [0.25, 0.3) is 5.91 Å². The van der Waals surface area contributed by atoms with Gasteiger partial charge < -0.3 is 15.2 Å². The van der Waals surface area contributed by atoms with E-state index in [1.54, 1.807) is 11.8 Å². The molecule has 1 aromatic heterocycles. The van der Waals surface area contributed by atoms with Crippen molar-refractivity contribution < 1.29 is 9.59 Å². The number of carbonyl (C=O) groups excluding carboxylic acids is 2. The second-order valence-electron chi connectivity index (χ2n) is 7.52. The summed E-state index contributed by atoms with van der Waals surface area (Å²) in [4.78, 5) is 31.4. The number of aromatic amines is 1. The Kier molecular flexibility index (Phi) is 4.36. The molecule has 0 spiro atoms. The lowest BCUT2D eigenvalue weighted by molar-refractivity contribution is -0.120. The minimum atomic E-state index is -0.649. The Morgan fingerprint density at radius 2 is 1.63 bits per heavy atom. The van der Waals surface area contributed by atoms with Crippen LogP contribution in [0.15, 0.2) is 85.1 Å². The van der Waals surface area contributed by atoms with Crippen molar-refractivity contribution in [2.45, 2.75) is 19.0 Å². The number of para-hydroxylation sites is 2. The van der Waals surface area contributed by atoms with Crippen molar-refractivity contribution in [1.29, 1.82) is 0 Å². The minimum absolute atomic E-state index is 0.128. The molecule has 3 aromatic carbocycles. The van der Waals surface area contributed by atoms with Crippen LogP contribution in [0.4, 0.5) is 5.69 Å². The van der Waals surface area contributed by atoms with E-state index < -0.39 is 6.04 Å². The zero-order valence-electron chi connectivity index (χ0n) is 16.5. The van der Waals surface area contributed by atoms with E-state index in [0.29, 0.717) is 11.3 Å². The number of H-pyrrole nitrogens is 1. The maximum Gasteiger partial charge on any atom is 0.255 e. The number of hydrogen-bond acceptors (Lipinski definition) is 2. The van der Waals surface area contributed by atoms with Crippen LogP contribution >= 0.6 is 0 Å². The van der Waals surface area contributed by atoms with Gasteiger partial charge in [-0.1, -0.05) is 54.6 Å². The van der Waals surface area contributed by atoms with E-state index in [9.17, 15) is 9.59 Å². The summed E-state index contributed by atoms with van der Waals surface area (Å²) < 4.78 is 0. The van der Waals surface area contributed by atoms with Crippen molar-refractivity contribution in [2.75, 3.05) is 5.32 Å². The van der Waals surface area contributed by atoms with Crippen LogP contribution < -0.4 is 5.32 Å². The van der Waals surface area contributed by atoms with E-state index in [1.165, 1.54) is 0 Å². The molecular formula is C25H21N3O2. The van der Waals surface area contributed by atoms with Gasteiger partial charge in [-0.2, -0.15) is 0 Å². The number of hydrogen-bond donors (Lipinski definition) is 2. The SMILES string of the molecule is C[C@H](C(=O)Nc1ccccc1)N1C(=O)c2ccccc2[C@H]1c1c[nH]c2ccccc12.